The van der Waals surface area contributed by atoms with Crippen LogP contribution in [0.4, 0.5) is 0 Å². The van der Waals surface area contributed by atoms with Crippen LogP contribution in [0.15, 0.2) is 18.3 Å². The number of piperidine rings is 1. The van der Waals surface area contributed by atoms with E-state index in [0.29, 0.717) is 12.5 Å². The minimum absolute atomic E-state index is 0.185. The van der Waals surface area contributed by atoms with Gasteiger partial charge in [0.15, 0.2) is 0 Å². The molecule has 0 radical (unpaired) electrons. The third-order valence-corrected chi connectivity index (χ3v) is 3.12. The fourth-order valence-corrected chi connectivity index (χ4v) is 2.26. The smallest absolute Gasteiger partial charge is 0.213 e. The molecule has 1 aliphatic heterocycles. The van der Waals surface area contributed by atoms with E-state index in [9.17, 15) is 4.79 Å². The molecule has 1 fully saturated rings. The summed E-state index contributed by atoms with van der Waals surface area (Å²) < 4.78 is 5.31. The highest BCUT2D eigenvalue weighted by atomic mass is 16.5. The van der Waals surface area contributed by atoms with Crippen LogP contribution >= 0.6 is 0 Å². The van der Waals surface area contributed by atoms with Gasteiger partial charge in [-0.05, 0) is 31.7 Å². The molecule has 1 saturated heterocycles. The van der Waals surface area contributed by atoms with Crippen molar-refractivity contribution in [3.05, 3.63) is 23.9 Å². The summed E-state index contributed by atoms with van der Waals surface area (Å²) in [5.74, 6) is 0.643. The van der Waals surface area contributed by atoms with Gasteiger partial charge in [-0.1, -0.05) is 6.07 Å². The summed E-state index contributed by atoms with van der Waals surface area (Å²) in [5, 5.41) is 0. The molecule has 17 heavy (non-hydrogen) atoms. The van der Waals surface area contributed by atoms with Gasteiger partial charge in [0.05, 0.1) is 12.6 Å². The minimum Gasteiger partial charge on any atom is -0.478 e. The average Bonchev–Trinajstić information content (AvgIpc) is 2.40. The standard InChI is InChI=1S/C13H18N2O2/c1-2-17-13-7-6-11(9-14-13)12-5-3-4-8-15(12)10-16/h6-7,9-10,12H,2-5,8H2,1H3/t12-/m1/s1. The molecule has 1 amide bonds. The second kappa shape index (κ2) is 5.66. The van der Waals surface area contributed by atoms with Gasteiger partial charge in [0.1, 0.15) is 0 Å². The number of amides is 1. The molecule has 1 aliphatic rings. The lowest BCUT2D eigenvalue weighted by Gasteiger charge is -2.32. The van der Waals surface area contributed by atoms with Crippen LogP contribution in [-0.4, -0.2) is 29.4 Å². The van der Waals surface area contributed by atoms with Crippen molar-refractivity contribution in [1.29, 1.82) is 0 Å². The minimum atomic E-state index is 0.185. The first-order chi connectivity index (χ1) is 8.35. The Kier molecular flexibility index (Phi) is 3.96. The molecule has 4 nitrogen and oxygen atoms in total. The highest BCUT2D eigenvalue weighted by Crippen LogP contribution is 2.29. The number of ether oxygens (including phenoxy) is 1. The van der Waals surface area contributed by atoms with Gasteiger partial charge in [-0.15, -0.1) is 0 Å². The molecule has 92 valence electrons. The van der Waals surface area contributed by atoms with Crippen LogP contribution < -0.4 is 4.74 Å². The fourth-order valence-electron chi connectivity index (χ4n) is 2.26. The summed E-state index contributed by atoms with van der Waals surface area (Å²) in [5.41, 5.74) is 1.10. The maximum atomic E-state index is 11.0. The van der Waals surface area contributed by atoms with Gasteiger partial charge in [-0.3, -0.25) is 4.79 Å². The fraction of sp³-hybridized carbons (Fsp3) is 0.538. The highest BCUT2D eigenvalue weighted by Gasteiger charge is 2.22. The molecule has 0 unspecified atom stereocenters. The molecule has 0 saturated carbocycles. The summed E-state index contributed by atoms with van der Waals surface area (Å²) in [6.07, 6.45) is 6.05. The van der Waals surface area contributed by atoms with Crippen molar-refractivity contribution in [2.75, 3.05) is 13.2 Å². The van der Waals surface area contributed by atoms with Crippen molar-refractivity contribution in [1.82, 2.24) is 9.88 Å². The van der Waals surface area contributed by atoms with Gasteiger partial charge in [-0.2, -0.15) is 0 Å². The maximum absolute atomic E-state index is 11.0. The molecule has 1 aromatic heterocycles. The van der Waals surface area contributed by atoms with Crippen molar-refractivity contribution in [2.24, 2.45) is 0 Å². The van der Waals surface area contributed by atoms with Gasteiger partial charge >= 0.3 is 0 Å². The summed E-state index contributed by atoms with van der Waals surface area (Å²) in [7, 11) is 0. The zero-order valence-corrected chi connectivity index (χ0v) is 10.1. The Labute approximate surface area is 102 Å². The van der Waals surface area contributed by atoms with E-state index in [1.807, 2.05) is 30.2 Å². The molecule has 1 aromatic rings. The van der Waals surface area contributed by atoms with E-state index in [0.717, 1.165) is 31.4 Å². The van der Waals surface area contributed by atoms with Crippen molar-refractivity contribution in [3.63, 3.8) is 0 Å². The molecule has 0 aliphatic carbocycles. The Morgan fingerprint density at radius 2 is 2.41 bits per heavy atom. The van der Waals surface area contributed by atoms with Gasteiger partial charge in [0.2, 0.25) is 12.3 Å². The second-order valence-corrected chi connectivity index (χ2v) is 4.22. The zero-order chi connectivity index (χ0) is 12.1. The van der Waals surface area contributed by atoms with Crippen LogP contribution in [0.5, 0.6) is 5.88 Å². The number of aromatic nitrogens is 1. The highest BCUT2D eigenvalue weighted by molar-refractivity contribution is 5.49. The quantitative estimate of drug-likeness (QED) is 0.750. The Morgan fingerprint density at radius 1 is 1.53 bits per heavy atom. The van der Waals surface area contributed by atoms with E-state index >= 15 is 0 Å². The predicted octanol–water partition coefficient (Wildman–Crippen LogP) is 2.16. The summed E-state index contributed by atoms with van der Waals surface area (Å²) in [4.78, 5) is 17.1. The molecule has 0 N–H and O–H groups in total. The summed E-state index contributed by atoms with van der Waals surface area (Å²) in [6, 6.07) is 4.06. The number of likely N-dealkylation sites (tertiary alicyclic amines) is 1. The first kappa shape index (κ1) is 11.9. The van der Waals surface area contributed by atoms with E-state index < -0.39 is 0 Å². The number of hydrogen-bond donors (Lipinski definition) is 0. The average molecular weight is 234 g/mol. The molecule has 0 spiro atoms. The van der Waals surface area contributed by atoms with Crippen LogP contribution in [0.3, 0.4) is 0 Å². The lowest BCUT2D eigenvalue weighted by atomic mass is 9.97. The molecule has 4 heteroatoms. The van der Waals surface area contributed by atoms with E-state index in [-0.39, 0.29) is 6.04 Å². The molecule has 0 bridgehead atoms. The van der Waals surface area contributed by atoms with Crippen LogP contribution in [0, 0.1) is 0 Å². The summed E-state index contributed by atoms with van der Waals surface area (Å²) in [6.45, 7) is 3.41. The molecule has 1 atom stereocenters. The number of rotatable bonds is 4. The van der Waals surface area contributed by atoms with Gasteiger partial charge in [0, 0.05) is 18.8 Å². The molecular formula is C13H18N2O2. The second-order valence-electron chi connectivity index (χ2n) is 4.22. The van der Waals surface area contributed by atoms with Crippen molar-refractivity contribution >= 4 is 6.41 Å². The van der Waals surface area contributed by atoms with Crippen molar-refractivity contribution in [2.45, 2.75) is 32.2 Å². The summed E-state index contributed by atoms with van der Waals surface area (Å²) >= 11 is 0. The SMILES string of the molecule is CCOc1ccc([C@H]2CCCCN2C=O)cn1. The monoisotopic (exact) mass is 234 g/mol. The molecule has 2 rings (SSSR count). The van der Waals surface area contributed by atoms with Crippen LogP contribution in [-0.2, 0) is 4.79 Å². The normalized spacial score (nSPS) is 20.1. The topological polar surface area (TPSA) is 42.4 Å². The van der Waals surface area contributed by atoms with Crippen LogP contribution in [0.1, 0.15) is 37.8 Å². The first-order valence-electron chi connectivity index (χ1n) is 6.15. The van der Waals surface area contributed by atoms with Gasteiger partial charge in [0.25, 0.3) is 0 Å². The van der Waals surface area contributed by atoms with Crippen molar-refractivity contribution < 1.29 is 9.53 Å². The Balaban J connectivity index is 2.11. The number of hydrogen-bond acceptors (Lipinski definition) is 3. The molecular weight excluding hydrogens is 216 g/mol. The number of carbonyl (C=O) groups is 1. The van der Waals surface area contributed by atoms with E-state index in [1.54, 1.807) is 0 Å². The predicted molar refractivity (Wildman–Crippen MR) is 64.8 cm³/mol. The Hall–Kier alpha value is -1.58. The Bertz CT molecular complexity index is 364. The largest absolute Gasteiger partial charge is 0.478 e. The van der Waals surface area contributed by atoms with E-state index in [4.69, 9.17) is 4.74 Å². The number of pyridine rings is 1. The zero-order valence-electron chi connectivity index (χ0n) is 10.1. The van der Waals surface area contributed by atoms with Gasteiger partial charge < -0.3 is 9.64 Å². The lowest BCUT2D eigenvalue weighted by molar-refractivity contribution is -0.121. The first-order valence-corrected chi connectivity index (χ1v) is 6.15. The molecule has 0 aromatic carbocycles. The van der Waals surface area contributed by atoms with E-state index in [2.05, 4.69) is 4.98 Å². The number of carbonyl (C=O) groups excluding carboxylic acids is 1. The maximum Gasteiger partial charge on any atom is 0.213 e. The third kappa shape index (κ3) is 2.75. The van der Waals surface area contributed by atoms with Crippen LogP contribution in [0.2, 0.25) is 0 Å². The van der Waals surface area contributed by atoms with Crippen molar-refractivity contribution in [3.8, 4) is 5.88 Å². The number of nitrogens with zero attached hydrogens (tertiary/aromatic N) is 2. The Morgan fingerprint density at radius 3 is 3.06 bits per heavy atom. The van der Waals surface area contributed by atoms with E-state index in [1.165, 1.54) is 6.42 Å². The third-order valence-electron chi connectivity index (χ3n) is 3.12. The van der Waals surface area contributed by atoms with Crippen LogP contribution in [0.25, 0.3) is 0 Å². The lowest BCUT2D eigenvalue weighted by Crippen LogP contribution is -2.32. The van der Waals surface area contributed by atoms with Gasteiger partial charge in [-0.25, -0.2) is 4.98 Å². The molecule has 2 heterocycles.